The van der Waals surface area contributed by atoms with E-state index in [2.05, 4.69) is 4.74 Å². The van der Waals surface area contributed by atoms with E-state index in [-0.39, 0.29) is 11.8 Å². The minimum absolute atomic E-state index is 0.0361. The van der Waals surface area contributed by atoms with Crippen LogP contribution in [0.25, 0.3) is 0 Å². The van der Waals surface area contributed by atoms with Gasteiger partial charge in [-0.1, -0.05) is 0 Å². The van der Waals surface area contributed by atoms with Crippen LogP contribution in [0.1, 0.15) is 15.9 Å². The number of carbonyl (C=O) groups excluding carboxylic acids is 1. The van der Waals surface area contributed by atoms with Crippen molar-refractivity contribution < 1.29 is 18.3 Å². The number of methoxy groups -OCH3 is 1. The van der Waals surface area contributed by atoms with Crippen LogP contribution in [-0.2, 0) is 0 Å². The van der Waals surface area contributed by atoms with Crippen LogP contribution in [0.5, 0.6) is 5.75 Å². The molecule has 0 bridgehead atoms. The summed E-state index contributed by atoms with van der Waals surface area (Å²) >= 11 is 0. The van der Waals surface area contributed by atoms with Crippen LogP contribution in [0, 0.1) is 23.0 Å². The summed E-state index contributed by atoms with van der Waals surface area (Å²) in [7, 11) is 1.13. The fourth-order valence-electron chi connectivity index (χ4n) is 1.01. The van der Waals surface area contributed by atoms with Crippen molar-refractivity contribution in [1.82, 2.24) is 0 Å². The van der Waals surface area contributed by atoms with Crippen molar-refractivity contribution in [3.8, 4) is 11.8 Å². The summed E-state index contributed by atoms with van der Waals surface area (Å²) < 4.78 is 30.7. The normalized spacial score (nSPS) is 9.29. The standard InChI is InChI=1S/C9H5F2NO2/c1-14-9-5(3-12)2-7(10)6(4-13)8(9)11/h2,4H,1H3. The molecule has 0 unspecified atom stereocenters. The van der Waals surface area contributed by atoms with Gasteiger partial charge in [0.2, 0.25) is 0 Å². The molecule has 1 aromatic rings. The lowest BCUT2D eigenvalue weighted by Crippen LogP contribution is -2.00. The molecule has 0 saturated carbocycles. The van der Waals surface area contributed by atoms with Crippen LogP contribution in [0.2, 0.25) is 0 Å². The van der Waals surface area contributed by atoms with Gasteiger partial charge < -0.3 is 4.74 Å². The molecule has 0 aliphatic rings. The molecule has 0 spiro atoms. The number of nitrogens with zero attached hydrogens (tertiary/aromatic N) is 1. The zero-order valence-corrected chi connectivity index (χ0v) is 7.17. The number of hydrogen-bond donors (Lipinski definition) is 0. The highest BCUT2D eigenvalue weighted by atomic mass is 19.1. The summed E-state index contributed by atoms with van der Waals surface area (Å²) in [5.74, 6) is -2.65. The van der Waals surface area contributed by atoms with Crippen LogP contribution < -0.4 is 4.74 Å². The molecule has 14 heavy (non-hydrogen) atoms. The predicted molar refractivity (Wildman–Crippen MR) is 43.0 cm³/mol. The number of halogens is 2. The van der Waals surface area contributed by atoms with Gasteiger partial charge in [-0.15, -0.1) is 0 Å². The summed E-state index contributed by atoms with van der Waals surface area (Å²) in [5.41, 5.74) is -1.02. The minimum Gasteiger partial charge on any atom is -0.492 e. The molecule has 0 radical (unpaired) electrons. The van der Waals surface area contributed by atoms with E-state index >= 15 is 0 Å². The van der Waals surface area contributed by atoms with E-state index in [0.29, 0.717) is 0 Å². The highest BCUT2D eigenvalue weighted by Crippen LogP contribution is 2.26. The SMILES string of the molecule is COc1c(C#N)cc(F)c(C=O)c1F. The molecule has 5 heteroatoms. The monoisotopic (exact) mass is 197 g/mol. The maximum absolute atomic E-state index is 13.2. The molecule has 1 aromatic carbocycles. The first-order valence-electron chi connectivity index (χ1n) is 3.57. The Morgan fingerprint density at radius 3 is 2.64 bits per heavy atom. The second-order valence-electron chi connectivity index (χ2n) is 2.40. The second kappa shape index (κ2) is 3.83. The van der Waals surface area contributed by atoms with Crippen molar-refractivity contribution in [3.05, 3.63) is 28.8 Å². The number of hydrogen-bond acceptors (Lipinski definition) is 3. The van der Waals surface area contributed by atoms with Crippen molar-refractivity contribution in [1.29, 1.82) is 5.26 Å². The number of aldehydes is 1. The van der Waals surface area contributed by atoms with Gasteiger partial charge in [0.1, 0.15) is 11.9 Å². The molecular weight excluding hydrogens is 192 g/mol. The molecule has 3 nitrogen and oxygen atoms in total. The van der Waals surface area contributed by atoms with Crippen molar-refractivity contribution in [3.63, 3.8) is 0 Å². The predicted octanol–water partition coefficient (Wildman–Crippen LogP) is 1.66. The average Bonchev–Trinajstić information content (AvgIpc) is 2.17. The van der Waals surface area contributed by atoms with E-state index in [1.54, 1.807) is 6.07 Å². The van der Waals surface area contributed by atoms with Crippen molar-refractivity contribution in [2.24, 2.45) is 0 Å². The van der Waals surface area contributed by atoms with Crippen LogP contribution >= 0.6 is 0 Å². The Kier molecular flexibility index (Phi) is 2.77. The van der Waals surface area contributed by atoms with Gasteiger partial charge in [0.05, 0.1) is 18.2 Å². The fraction of sp³-hybridized carbons (Fsp3) is 0.111. The molecule has 0 N–H and O–H groups in total. The maximum Gasteiger partial charge on any atom is 0.179 e. The third-order valence-electron chi connectivity index (χ3n) is 1.65. The molecule has 0 heterocycles. The Hall–Kier alpha value is -1.96. The topological polar surface area (TPSA) is 50.1 Å². The Morgan fingerprint density at radius 2 is 2.21 bits per heavy atom. The molecule has 0 aliphatic heterocycles. The van der Waals surface area contributed by atoms with E-state index in [1.165, 1.54) is 0 Å². The van der Waals surface area contributed by atoms with Gasteiger partial charge in [0.15, 0.2) is 17.9 Å². The van der Waals surface area contributed by atoms with Gasteiger partial charge in [0, 0.05) is 0 Å². The number of rotatable bonds is 2. The summed E-state index contributed by atoms with van der Waals surface area (Å²) in [6.07, 6.45) is 0.0361. The Morgan fingerprint density at radius 1 is 1.57 bits per heavy atom. The third-order valence-corrected chi connectivity index (χ3v) is 1.65. The molecule has 72 valence electrons. The number of nitriles is 1. The minimum atomic E-state index is -1.15. The molecular formula is C9H5F2NO2. The largest absolute Gasteiger partial charge is 0.492 e. The molecule has 0 saturated heterocycles. The summed E-state index contributed by atoms with van der Waals surface area (Å²) in [4.78, 5) is 10.3. The third kappa shape index (κ3) is 1.42. The fourth-order valence-corrected chi connectivity index (χ4v) is 1.01. The number of benzene rings is 1. The van der Waals surface area contributed by atoms with Crippen molar-refractivity contribution >= 4 is 6.29 Å². The van der Waals surface area contributed by atoms with Gasteiger partial charge in [-0.25, -0.2) is 8.78 Å². The summed E-state index contributed by atoms with van der Waals surface area (Å²) in [6.45, 7) is 0. The molecule has 1 rings (SSSR count). The van der Waals surface area contributed by atoms with Crippen LogP contribution in [0.15, 0.2) is 6.07 Å². The van der Waals surface area contributed by atoms with E-state index in [0.717, 1.165) is 13.2 Å². The van der Waals surface area contributed by atoms with Crippen LogP contribution in [0.4, 0.5) is 8.78 Å². The highest BCUT2D eigenvalue weighted by Gasteiger charge is 2.18. The molecule has 0 fully saturated rings. The van der Waals surface area contributed by atoms with Gasteiger partial charge >= 0.3 is 0 Å². The van der Waals surface area contributed by atoms with Crippen molar-refractivity contribution in [2.75, 3.05) is 7.11 Å². The quantitative estimate of drug-likeness (QED) is 0.677. The van der Waals surface area contributed by atoms with Crippen LogP contribution in [-0.4, -0.2) is 13.4 Å². The first kappa shape index (κ1) is 10.1. The van der Waals surface area contributed by atoms with Gasteiger partial charge in [-0.2, -0.15) is 5.26 Å². The Labute approximate surface area is 78.5 Å². The Bertz CT molecular complexity index is 424. The number of ether oxygens (including phenoxy) is 1. The highest BCUT2D eigenvalue weighted by molar-refractivity contribution is 5.77. The number of carbonyl (C=O) groups is 1. The van der Waals surface area contributed by atoms with Gasteiger partial charge in [-0.3, -0.25) is 4.79 Å². The lowest BCUT2D eigenvalue weighted by molar-refractivity contribution is 0.111. The zero-order valence-electron chi connectivity index (χ0n) is 7.17. The zero-order chi connectivity index (χ0) is 10.7. The molecule has 0 atom stereocenters. The summed E-state index contributed by atoms with van der Waals surface area (Å²) in [5, 5.41) is 8.51. The van der Waals surface area contributed by atoms with Crippen LogP contribution in [0.3, 0.4) is 0 Å². The average molecular weight is 197 g/mol. The Balaban J connectivity index is 3.57. The smallest absolute Gasteiger partial charge is 0.179 e. The second-order valence-corrected chi connectivity index (χ2v) is 2.40. The first-order chi connectivity index (χ1) is 6.65. The lowest BCUT2D eigenvalue weighted by atomic mass is 10.1. The molecule has 0 aromatic heterocycles. The summed E-state index contributed by atoms with van der Waals surface area (Å²) in [6, 6.07) is 2.31. The van der Waals surface area contributed by atoms with Gasteiger partial charge in [-0.05, 0) is 6.07 Å². The van der Waals surface area contributed by atoms with E-state index in [9.17, 15) is 13.6 Å². The first-order valence-corrected chi connectivity index (χ1v) is 3.57. The molecule has 0 amide bonds. The lowest BCUT2D eigenvalue weighted by Gasteiger charge is -2.06. The van der Waals surface area contributed by atoms with Gasteiger partial charge in [0.25, 0.3) is 0 Å². The van der Waals surface area contributed by atoms with E-state index < -0.39 is 22.9 Å². The van der Waals surface area contributed by atoms with E-state index in [4.69, 9.17) is 5.26 Å². The maximum atomic E-state index is 13.2. The van der Waals surface area contributed by atoms with Crippen molar-refractivity contribution in [2.45, 2.75) is 0 Å². The van der Waals surface area contributed by atoms with E-state index in [1.807, 2.05) is 0 Å². The molecule has 0 aliphatic carbocycles.